The number of phenols is 1. The van der Waals surface area contributed by atoms with E-state index < -0.39 is 5.97 Å². The number of halogens is 2. The Labute approximate surface area is 293 Å². The number of nitrogens with zero attached hydrogens (tertiary/aromatic N) is 4. The smallest absolute Gasteiger partial charge is 0.354 e. The number of fused-ring (bicyclic) bond motifs is 2. The molecule has 10 nitrogen and oxygen atoms in total. The molecule has 260 valence electrons. The van der Waals surface area contributed by atoms with Gasteiger partial charge in [0.15, 0.2) is 0 Å². The number of aromatic hydroxyl groups is 1. The quantitative estimate of drug-likeness (QED) is 0.128. The van der Waals surface area contributed by atoms with Gasteiger partial charge in [0.25, 0.3) is 0 Å². The fourth-order valence-electron chi connectivity index (χ4n) is 6.67. The number of aromatic nitrogens is 5. The molecule has 0 radical (unpaired) electrons. The maximum atomic E-state index is 13.8. The van der Waals surface area contributed by atoms with Gasteiger partial charge in [0.2, 0.25) is 0 Å². The van der Waals surface area contributed by atoms with Crippen molar-refractivity contribution in [2.24, 2.45) is 7.05 Å². The highest BCUT2D eigenvalue weighted by molar-refractivity contribution is 6.35. The number of hydrogen-bond acceptors (Lipinski definition) is 7. The van der Waals surface area contributed by atoms with E-state index >= 15 is 0 Å². The van der Waals surface area contributed by atoms with Gasteiger partial charge in [0.1, 0.15) is 17.3 Å². The number of aryl methyl sites for hydroxylation is 7. The van der Waals surface area contributed by atoms with Crippen molar-refractivity contribution in [2.45, 2.75) is 58.9 Å². The SMILES string of the molecule is COC(=O)CCc1c(C(=O)OC)[nH]c2c(-c3c(C)c(C)nn3CCCc3cc(CCc4cc(O)c5ccc(F)cc5c4)n(C)n3)c(Cl)ccc12. The zero-order valence-electron chi connectivity index (χ0n) is 28.7. The predicted octanol–water partition coefficient (Wildman–Crippen LogP) is 7.34. The minimum Gasteiger partial charge on any atom is -0.507 e. The van der Waals surface area contributed by atoms with Gasteiger partial charge in [-0.15, -0.1) is 0 Å². The number of nitrogens with one attached hydrogen (secondary N) is 1. The van der Waals surface area contributed by atoms with Crippen molar-refractivity contribution in [3.8, 4) is 17.0 Å². The van der Waals surface area contributed by atoms with Crippen LogP contribution in [0.25, 0.3) is 32.9 Å². The Bertz CT molecular complexity index is 2250. The Kier molecular flexibility index (Phi) is 9.97. The molecule has 3 aromatic heterocycles. The lowest BCUT2D eigenvalue weighted by molar-refractivity contribution is -0.140. The number of aromatic amines is 1. The number of esters is 2. The molecule has 50 heavy (non-hydrogen) atoms. The lowest BCUT2D eigenvalue weighted by Gasteiger charge is -2.12. The van der Waals surface area contributed by atoms with E-state index in [0.717, 1.165) is 51.3 Å². The number of ether oxygens (including phenoxy) is 2. The average Bonchev–Trinajstić information content (AvgIpc) is 3.73. The fourth-order valence-corrected chi connectivity index (χ4v) is 6.92. The fraction of sp³-hybridized carbons (Fsp3) is 0.316. The molecule has 3 aromatic carbocycles. The van der Waals surface area contributed by atoms with Gasteiger partial charge in [-0.25, -0.2) is 9.18 Å². The van der Waals surface area contributed by atoms with E-state index in [4.69, 9.17) is 31.3 Å². The molecule has 6 aromatic rings. The summed E-state index contributed by atoms with van der Waals surface area (Å²) in [7, 11) is 4.57. The first-order valence-corrected chi connectivity index (χ1v) is 16.8. The van der Waals surface area contributed by atoms with Crippen LogP contribution in [0, 0.1) is 19.7 Å². The summed E-state index contributed by atoms with van der Waals surface area (Å²) < 4.78 is 27.5. The lowest BCUT2D eigenvalue weighted by atomic mass is 10.00. The molecule has 3 heterocycles. The van der Waals surface area contributed by atoms with Crippen molar-refractivity contribution in [1.82, 2.24) is 24.5 Å². The van der Waals surface area contributed by atoms with Gasteiger partial charge in [-0.3, -0.25) is 14.2 Å². The first-order valence-electron chi connectivity index (χ1n) is 16.4. The number of phenolic OH excluding ortho intramolecular Hbond substituents is 1. The maximum absolute atomic E-state index is 13.8. The molecule has 12 heteroatoms. The second kappa shape index (κ2) is 14.4. The van der Waals surface area contributed by atoms with E-state index in [1.54, 1.807) is 18.2 Å². The van der Waals surface area contributed by atoms with Crippen molar-refractivity contribution < 1.29 is 28.6 Å². The van der Waals surface area contributed by atoms with Gasteiger partial charge < -0.3 is 19.6 Å². The second-order valence-corrected chi connectivity index (χ2v) is 12.9. The molecule has 0 aliphatic heterocycles. The highest BCUT2D eigenvalue weighted by Crippen LogP contribution is 2.40. The third-order valence-electron chi connectivity index (χ3n) is 9.34. The molecule has 0 saturated carbocycles. The van der Waals surface area contributed by atoms with Gasteiger partial charge in [-0.2, -0.15) is 10.2 Å². The number of carbonyl (C=O) groups excluding carboxylic acids is 2. The van der Waals surface area contributed by atoms with E-state index in [0.29, 0.717) is 52.7 Å². The van der Waals surface area contributed by atoms with Crippen LogP contribution in [0.1, 0.15) is 57.1 Å². The first kappa shape index (κ1) is 34.7. The molecule has 0 amide bonds. The predicted molar refractivity (Wildman–Crippen MR) is 190 cm³/mol. The van der Waals surface area contributed by atoms with Gasteiger partial charge in [-0.05, 0) is 104 Å². The molecule has 0 saturated heterocycles. The molecule has 0 spiro atoms. The largest absolute Gasteiger partial charge is 0.507 e. The third-order valence-corrected chi connectivity index (χ3v) is 9.66. The van der Waals surface area contributed by atoms with Gasteiger partial charge in [-0.1, -0.05) is 23.7 Å². The summed E-state index contributed by atoms with van der Waals surface area (Å²) in [5, 5.41) is 22.6. The van der Waals surface area contributed by atoms with Crippen molar-refractivity contribution in [2.75, 3.05) is 14.2 Å². The second-order valence-electron chi connectivity index (χ2n) is 12.5. The topological polar surface area (TPSA) is 124 Å². The normalized spacial score (nSPS) is 11.5. The van der Waals surface area contributed by atoms with Gasteiger partial charge in [0, 0.05) is 42.0 Å². The van der Waals surface area contributed by atoms with Gasteiger partial charge >= 0.3 is 11.9 Å². The number of rotatable bonds is 12. The Balaban J connectivity index is 1.22. The van der Waals surface area contributed by atoms with E-state index in [-0.39, 0.29) is 36.1 Å². The number of methoxy groups -OCH3 is 2. The summed E-state index contributed by atoms with van der Waals surface area (Å²) in [6.45, 7) is 4.55. The van der Waals surface area contributed by atoms with Crippen molar-refractivity contribution in [3.63, 3.8) is 0 Å². The van der Waals surface area contributed by atoms with Crippen molar-refractivity contribution >= 4 is 45.2 Å². The molecular weight excluding hydrogens is 661 g/mol. The first-order chi connectivity index (χ1) is 24.0. The van der Waals surface area contributed by atoms with E-state index in [1.807, 2.05) is 42.4 Å². The van der Waals surface area contributed by atoms with Crippen LogP contribution in [-0.2, 0) is 53.5 Å². The van der Waals surface area contributed by atoms with Crippen LogP contribution in [0.3, 0.4) is 0 Å². The number of carbonyl (C=O) groups is 2. The molecule has 0 atom stereocenters. The van der Waals surface area contributed by atoms with Gasteiger partial charge in [0.05, 0.1) is 41.8 Å². The molecule has 6 rings (SSSR count). The Morgan fingerprint density at radius 3 is 2.50 bits per heavy atom. The zero-order chi connectivity index (χ0) is 35.7. The van der Waals surface area contributed by atoms with Crippen LogP contribution in [0.2, 0.25) is 5.02 Å². The highest BCUT2D eigenvalue weighted by Gasteiger charge is 2.25. The van der Waals surface area contributed by atoms with Crippen molar-refractivity contribution in [3.05, 3.63) is 98.8 Å². The lowest BCUT2D eigenvalue weighted by Crippen LogP contribution is -2.07. The summed E-state index contributed by atoms with van der Waals surface area (Å²) in [5.74, 6) is -1.11. The van der Waals surface area contributed by atoms with Crippen molar-refractivity contribution in [1.29, 1.82) is 0 Å². The number of hydrogen-bond donors (Lipinski definition) is 2. The average molecular weight is 700 g/mol. The Morgan fingerprint density at radius 1 is 0.960 bits per heavy atom. The molecule has 0 bridgehead atoms. The number of benzene rings is 3. The molecular formula is C38H39ClFN5O5. The Hall–Kier alpha value is -5.16. The minimum atomic E-state index is -0.537. The molecule has 0 fully saturated rings. The molecule has 0 unspecified atom stereocenters. The van der Waals surface area contributed by atoms with Crippen LogP contribution < -0.4 is 0 Å². The molecule has 0 aliphatic rings. The van der Waals surface area contributed by atoms with Crippen LogP contribution in [0.15, 0.2) is 48.5 Å². The summed E-state index contributed by atoms with van der Waals surface area (Å²) in [5.41, 5.74) is 7.92. The van der Waals surface area contributed by atoms with Crippen LogP contribution in [-0.4, -0.2) is 55.8 Å². The van der Waals surface area contributed by atoms with Crippen LogP contribution in [0.4, 0.5) is 4.39 Å². The maximum Gasteiger partial charge on any atom is 0.354 e. The van der Waals surface area contributed by atoms with E-state index in [1.165, 1.54) is 26.4 Å². The zero-order valence-corrected chi connectivity index (χ0v) is 29.4. The standard InChI is InChI=1S/C38H39ClFN5O5/c1-21-22(2)42-45(37(21)34-31(39)14-12-29-30(13-15-33(47)49-4)36(38(48)50-5)41-35(29)34)16-6-7-26-20-27(44(3)43-26)10-8-23-17-24-19-25(40)9-11-28(24)32(46)18-23/h9,11-12,14,17-20,41,46H,6-8,10,13,15-16H2,1-5H3. The molecule has 2 N–H and O–H groups in total. The summed E-state index contributed by atoms with van der Waals surface area (Å²) in [4.78, 5) is 28.1. The van der Waals surface area contributed by atoms with Crippen LogP contribution in [0.5, 0.6) is 5.75 Å². The third kappa shape index (κ3) is 6.82. The monoisotopic (exact) mass is 699 g/mol. The molecule has 0 aliphatic carbocycles. The summed E-state index contributed by atoms with van der Waals surface area (Å²) >= 11 is 6.89. The van der Waals surface area contributed by atoms with E-state index in [9.17, 15) is 19.1 Å². The summed E-state index contributed by atoms with van der Waals surface area (Å²) in [6, 6.07) is 13.8. The number of H-pyrrole nitrogens is 1. The Morgan fingerprint density at radius 2 is 1.74 bits per heavy atom. The minimum absolute atomic E-state index is 0.102. The highest BCUT2D eigenvalue weighted by atomic mass is 35.5. The van der Waals surface area contributed by atoms with E-state index in [2.05, 4.69) is 11.1 Å². The summed E-state index contributed by atoms with van der Waals surface area (Å²) in [6.07, 6.45) is 3.23. The van der Waals surface area contributed by atoms with Crippen LogP contribution >= 0.6 is 11.6 Å².